The van der Waals surface area contributed by atoms with Gasteiger partial charge in [-0.3, -0.25) is 4.79 Å². The zero-order chi connectivity index (χ0) is 23.2. The second kappa shape index (κ2) is 21.6. The van der Waals surface area contributed by atoms with Crippen molar-refractivity contribution in [2.75, 3.05) is 20.1 Å². The molecule has 0 amide bonds. The van der Waals surface area contributed by atoms with E-state index in [2.05, 4.69) is 63.0 Å². The van der Waals surface area contributed by atoms with E-state index in [4.69, 9.17) is 9.94 Å². The molecule has 0 fully saturated rings. The SMILES string of the molecule is C=CC=C.CCC(C)CC1=C(ONC)C=CC(C)=CC1.CCNCCCCC(=O)O. The van der Waals surface area contributed by atoms with Crippen LogP contribution in [0.4, 0.5) is 0 Å². The monoisotopic (exact) mass is 420 g/mol. The first kappa shape index (κ1) is 30.1. The Balaban J connectivity index is 0. The van der Waals surface area contributed by atoms with Gasteiger partial charge < -0.3 is 15.3 Å². The molecule has 3 N–H and O–H groups in total. The lowest BCUT2D eigenvalue weighted by atomic mass is 9.96. The average Bonchev–Trinajstić information content (AvgIpc) is 2.90. The van der Waals surface area contributed by atoms with Crippen molar-refractivity contribution in [3.63, 3.8) is 0 Å². The molecule has 0 aromatic rings. The fourth-order valence-electron chi connectivity index (χ4n) is 2.45. The first-order valence-electron chi connectivity index (χ1n) is 10.9. The summed E-state index contributed by atoms with van der Waals surface area (Å²) < 4.78 is 0. The molecule has 0 aliphatic heterocycles. The van der Waals surface area contributed by atoms with Crippen molar-refractivity contribution in [1.82, 2.24) is 10.8 Å². The Kier molecular flexibility index (Phi) is 21.7. The van der Waals surface area contributed by atoms with E-state index in [9.17, 15) is 4.79 Å². The van der Waals surface area contributed by atoms with Crippen LogP contribution in [0.25, 0.3) is 0 Å². The highest BCUT2D eigenvalue weighted by Crippen LogP contribution is 2.25. The molecular weight excluding hydrogens is 376 g/mol. The molecule has 172 valence electrons. The van der Waals surface area contributed by atoms with Crippen molar-refractivity contribution in [1.29, 1.82) is 0 Å². The number of carbonyl (C=O) groups is 1. The quantitative estimate of drug-likeness (QED) is 0.207. The predicted octanol–water partition coefficient (Wildman–Crippen LogP) is 5.94. The standard InChI is InChI=1S/C14H23NO.C7H15NO2.C4H6/c1-5-11(2)10-13-8-6-12(3)7-9-14(13)16-15-4;1-2-8-6-4-3-5-7(9)10;1-3-4-2/h6-7,9,11,15H,5,8,10H2,1-4H3;8H,2-6H2,1H3,(H,9,10);3-4H,1-2H2. The third-order valence-electron chi connectivity index (χ3n) is 4.43. The maximum Gasteiger partial charge on any atom is 0.303 e. The molecule has 5 nitrogen and oxygen atoms in total. The normalized spacial score (nSPS) is 13.6. The lowest BCUT2D eigenvalue weighted by molar-refractivity contribution is -0.137. The number of hydrogen-bond acceptors (Lipinski definition) is 4. The van der Waals surface area contributed by atoms with E-state index < -0.39 is 5.97 Å². The van der Waals surface area contributed by atoms with Crippen LogP contribution in [0.2, 0.25) is 0 Å². The van der Waals surface area contributed by atoms with E-state index in [1.165, 1.54) is 17.6 Å². The van der Waals surface area contributed by atoms with Crippen LogP contribution in [0.15, 0.2) is 60.4 Å². The Morgan fingerprint density at radius 3 is 2.43 bits per heavy atom. The van der Waals surface area contributed by atoms with E-state index >= 15 is 0 Å². The first-order chi connectivity index (χ1) is 14.4. The van der Waals surface area contributed by atoms with Gasteiger partial charge in [-0.1, -0.05) is 70.2 Å². The average molecular weight is 421 g/mol. The van der Waals surface area contributed by atoms with Gasteiger partial charge >= 0.3 is 5.97 Å². The summed E-state index contributed by atoms with van der Waals surface area (Å²) in [5.74, 6) is 0.998. The van der Waals surface area contributed by atoms with Gasteiger partial charge in [0.05, 0.1) is 0 Å². The molecule has 0 saturated heterocycles. The number of nitrogens with one attached hydrogen (secondary N) is 2. The zero-order valence-corrected chi connectivity index (χ0v) is 19.8. The van der Waals surface area contributed by atoms with E-state index in [-0.39, 0.29) is 0 Å². The number of carboxylic acids is 1. The maximum atomic E-state index is 10.0. The molecule has 1 rings (SSSR count). The summed E-state index contributed by atoms with van der Waals surface area (Å²) in [6.45, 7) is 17.3. The van der Waals surface area contributed by atoms with E-state index in [0.29, 0.717) is 12.3 Å². The molecule has 1 unspecified atom stereocenters. The summed E-state index contributed by atoms with van der Waals surface area (Å²) in [6.07, 6.45) is 15.1. The summed E-state index contributed by atoms with van der Waals surface area (Å²) in [7, 11) is 1.80. The summed E-state index contributed by atoms with van der Waals surface area (Å²) in [5, 5.41) is 11.4. The van der Waals surface area contributed by atoms with Crippen LogP contribution in [0.3, 0.4) is 0 Å². The Bertz CT molecular complexity index is 557. The molecule has 5 heteroatoms. The number of carboxylic acid groups (broad SMARTS) is 1. The van der Waals surface area contributed by atoms with Gasteiger partial charge in [-0.15, -0.1) is 0 Å². The maximum absolute atomic E-state index is 10.0. The highest BCUT2D eigenvalue weighted by atomic mass is 16.6. The summed E-state index contributed by atoms with van der Waals surface area (Å²) in [4.78, 5) is 15.5. The highest BCUT2D eigenvalue weighted by molar-refractivity contribution is 5.66. The second-order valence-electron chi connectivity index (χ2n) is 7.15. The number of unbranched alkanes of at least 4 members (excludes halogenated alkanes) is 1. The smallest absolute Gasteiger partial charge is 0.303 e. The number of rotatable bonds is 12. The lowest BCUT2D eigenvalue weighted by Crippen LogP contribution is -2.14. The third kappa shape index (κ3) is 19.2. The van der Waals surface area contributed by atoms with Gasteiger partial charge in [0.2, 0.25) is 0 Å². The largest absolute Gasteiger partial charge is 0.481 e. The molecule has 1 aliphatic rings. The fraction of sp³-hybridized carbons (Fsp3) is 0.560. The number of aliphatic carboxylic acids is 1. The van der Waals surface area contributed by atoms with Crippen molar-refractivity contribution < 1.29 is 14.7 Å². The molecule has 0 heterocycles. The zero-order valence-electron chi connectivity index (χ0n) is 19.8. The minimum Gasteiger partial charge on any atom is -0.481 e. The molecule has 0 radical (unpaired) electrons. The molecule has 1 atom stereocenters. The molecule has 0 aromatic heterocycles. The molecular formula is C25H44N2O3. The van der Waals surface area contributed by atoms with Crippen LogP contribution >= 0.6 is 0 Å². The van der Waals surface area contributed by atoms with Gasteiger partial charge in [0.25, 0.3) is 0 Å². The number of hydrogen-bond donors (Lipinski definition) is 3. The van der Waals surface area contributed by atoms with Gasteiger partial charge in [0.1, 0.15) is 5.76 Å². The third-order valence-corrected chi connectivity index (χ3v) is 4.43. The highest BCUT2D eigenvalue weighted by Gasteiger charge is 2.11. The molecule has 1 aliphatic carbocycles. The van der Waals surface area contributed by atoms with Gasteiger partial charge in [-0.2, -0.15) is 5.48 Å². The Labute approximate surface area is 184 Å². The first-order valence-corrected chi connectivity index (χ1v) is 10.9. The Morgan fingerprint density at radius 2 is 1.93 bits per heavy atom. The van der Waals surface area contributed by atoms with E-state index in [1.54, 1.807) is 19.2 Å². The van der Waals surface area contributed by atoms with Crippen LogP contribution in [0, 0.1) is 5.92 Å². The molecule has 0 bridgehead atoms. The molecule has 0 spiro atoms. The Morgan fingerprint density at radius 1 is 1.27 bits per heavy atom. The van der Waals surface area contributed by atoms with E-state index in [1.807, 2.05) is 6.92 Å². The Hall–Kier alpha value is -2.11. The van der Waals surface area contributed by atoms with Gasteiger partial charge in [0.15, 0.2) is 0 Å². The summed E-state index contributed by atoms with van der Waals surface area (Å²) in [5.41, 5.74) is 5.46. The summed E-state index contributed by atoms with van der Waals surface area (Å²) in [6, 6.07) is 0. The topological polar surface area (TPSA) is 70.6 Å². The van der Waals surface area contributed by atoms with Crippen molar-refractivity contribution in [3.8, 4) is 0 Å². The van der Waals surface area contributed by atoms with Crippen LogP contribution in [0.1, 0.15) is 66.2 Å². The van der Waals surface area contributed by atoms with Crippen molar-refractivity contribution in [2.24, 2.45) is 5.92 Å². The van der Waals surface area contributed by atoms with Gasteiger partial charge in [-0.05, 0) is 63.3 Å². The molecule has 0 saturated carbocycles. The molecule has 0 aromatic carbocycles. The lowest BCUT2D eigenvalue weighted by Gasteiger charge is -2.14. The van der Waals surface area contributed by atoms with Crippen molar-refractivity contribution in [3.05, 3.63) is 60.4 Å². The van der Waals surface area contributed by atoms with Crippen LogP contribution in [-0.2, 0) is 9.63 Å². The minimum atomic E-state index is -0.698. The van der Waals surface area contributed by atoms with Gasteiger partial charge in [-0.25, -0.2) is 0 Å². The fourth-order valence-corrected chi connectivity index (χ4v) is 2.45. The van der Waals surface area contributed by atoms with Crippen LogP contribution in [0.5, 0.6) is 0 Å². The minimum absolute atomic E-state index is 0.297. The van der Waals surface area contributed by atoms with Crippen LogP contribution in [-0.4, -0.2) is 31.2 Å². The molecule has 30 heavy (non-hydrogen) atoms. The van der Waals surface area contributed by atoms with Gasteiger partial charge in [0, 0.05) is 13.5 Å². The van der Waals surface area contributed by atoms with E-state index in [0.717, 1.165) is 44.5 Å². The van der Waals surface area contributed by atoms with Crippen molar-refractivity contribution >= 4 is 5.97 Å². The predicted molar refractivity (Wildman–Crippen MR) is 129 cm³/mol. The number of allylic oxidation sites excluding steroid dienone is 7. The second-order valence-corrected chi connectivity index (χ2v) is 7.15. The number of hydroxylamine groups is 1. The summed E-state index contributed by atoms with van der Waals surface area (Å²) >= 11 is 0. The van der Waals surface area contributed by atoms with Crippen molar-refractivity contribution in [2.45, 2.75) is 66.2 Å². The van der Waals surface area contributed by atoms with Crippen LogP contribution < -0.4 is 10.8 Å².